The van der Waals surface area contributed by atoms with Crippen molar-refractivity contribution in [1.29, 1.82) is 0 Å². The molecule has 1 rings (SSSR count). The van der Waals surface area contributed by atoms with Gasteiger partial charge in [0.25, 0.3) is 0 Å². The van der Waals surface area contributed by atoms with Crippen LogP contribution in [0.1, 0.15) is 26.3 Å². The topological polar surface area (TPSA) is 64.1 Å². The molecule has 0 fully saturated rings. The second-order valence-electron chi connectivity index (χ2n) is 6.76. The highest BCUT2D eigenvalue weighted by molar-refractivity contribution is 14.0. The van der Waals surface area contributed by atoms with E-state index in [-0.39, 0.29) is 47.0 Å². The molecule has 0 aliphatic heterocycles. The Bertz CT molecular complexity index is 596. The van der Waals surface area contributed by atoms with E-state index < -0.39 is 6.61 Å². The van der Waals surface area contributed by atoms with Crippen LogP contribution in [0.4, 0.5) is 8.78 Å². The van der Waals surface area contributed by atoms with Gasteiger partial charge in [-0.05, 0) is 23.1 Å². The van der Waals surface area contributed by atoms with Crippen LogP contribution >= 0.6 is 24.0 Å². The zero-order chi connectivity index (χ0) is 19.7. The van der Waals surface area contributed by atoms with Gasteiger partial charge >= 0.3 is 6.61 Å². The summed E-state index contributed by atoms with van der Waals surface area (Å²) in [5.74, 6) is 0.838. The highest BCUT2D eigenvalue weighted by atomic mass is 127. The Balaban J connectivity index is 0.00000676. The summed E-state index contributed by atoms with van der Waals surface area (Å²) < 4.78 is 40.0. The average Bonchev–Trinajstić information content (AvgIpc) is 2.56. The second kappa shape index (κ2) is 12.2. The van der Waals surface area contributed by atoms with E-state index in [2.05, 4.69) is 41.1 Å². The molecule has 0 aromatic heterocycles. The van der Waals surface area contributed by atoms with Crippen LogP contribution in [0.3, 0.4) is 0 Å². The van der Waals surface area contributed by atoms with Crippen LogP contribution in [0.2, 0.25) is 0 Å². The van der Waals surface area contributed by atoms with Gasteiger partial charge in [-0.15, -0.1) is 24.0 Å². The Hall–Kier alpha value is -1.36. The quantitative estimate of drug-likeness (QED) is 0.324. The molecule has 9 heteroatoms. The smallest absolute Gasteiger partial charge is 0.387 e. The Labute approximate surface area is 177 Å². The number of alkyl halides is 2. The molecule has 27 heavy (non-hydrogen) atoms. The van der Waals surface area contributed by atoms with E-state index in [0.717, 1.165) is 5.56 Å². The first-order valence-corrected chi connectivity index (χ1v) is 8.30. The van der Waals surface area contributed by atoms with Crippen LogP contribution < -0.4 is 20.1 Å². The van der Waals surface area contributed by atoms with E-state index in [1.807, 2.05) is 0 Å². The van der Waals surface area contributed by atoms with Gasteiger partial charge in [0.15, 0.2) is 17.5 Å². The normalized spacial score (nSPS) is 13.0. The molecule has 0 heterocycles. The number of halogens is 3. The van der Waals surface area contributed by atoms with Crippen molar-refractivity contribution in [2.45, 2.75) is 40.0 Å². The first kappa shape index (κ1) is 25.6. The molecule has 1 unspecified atom stereocenters. The number of ether oxygens (including phenoxy) is 3. The summed E-state index contributed by atoms with van der Waals surface area (Å²) in [6, 6.07) is 4.87. The number of guanidine groups is 1. The maximum atomic E-state index is 12.5. The van der Waals surface area contributed by atoms with Crippen molar-refractivity contribution in [2.24, 2.45) is 10.4 Å². The molecule has 0 radical (unpaired) electrons. The lowest BCUT2D eigenvalue weighted by molar-refractivity contribution is -0.0512. The molecule has 0 saturated heterocycles. The maximum Gasteiger partial charge on any atom is 0.387 e. The Morgan fingerprint density at radius 3 is 2.30 bits per heavy atom. The number of hydrogen-bond donors (Lipinski definition) is 2. The predicted molar refractivity (Wildman–Crippen MR) is 113 cm³/mol. The molecule has 0 amide bonds. The highest BCUT2D eigenvalue weighted by Gasteiger charge is 2.24. The summed E-state index contributed by atoms with van der Waals surface area (Å²) in [6.07, 6.45) is 0.00748. The standard InChI is InChI=1S/C18H29F2N3O3.HI/c1-18(2,3)15(25-6)11-23-17(21-4)22-10-12-7-8-13(24-5)14(9-12)26-16(19)20;/h7-9,15-16H,10-11H2,1-6H3,(H2,21,22,23);1H. The minimum atomic E-state index is -2.91. The van der Waals surface area contributed by atoms with Gasteiger partial charge < -0.3 is 24.8 Å². The van der Waals surface area contributed by atoms with Gasteiger partial charge in [0.1, 0.15) is 0 Å². The predicted octanol–water partition coefficient (Wildman–Crippen LogP) is 3.64. The van der Waals surface area contributed by atoms with Crippen molar-refractivity contribution in [3.05, 3.63) is 23.8 Å². The highest BCUT2D eigenvalue weighted by Crippen LogP contribution is 2.29. The largest absolute Gasteiger partial charge is 0.493 e. The average molecular weight is 501 g/mol. The molecule has 1 aromatic rings. The molecule has 156 valence electrons. The minimum absolute atomic E-state index is 0. The summed E-state index contributed by atoms with van der Waals surface area (Å²) >= 11 is 0. The van der Waals surface area contributed by atoms with E-state index in [1.165, 1.54) is 13.2 Å². The van der Waals surface area contributed by atoms with Crippen molar-refractivity contribution < 1.29 is 23.0 Å². The molecular formula is C18H30F2IN3O3. The van der Waals surface area contributed by atoms with Crippen molar-refractivity contribution in [3.63, 3.8) is 0 Å². The SMILES string of the molecule is CN=C(NCc1ccc(OC)c(OC(F)F)c1)NCC(OC)C(C)(C)C.I. The fourth-order valence-electron chi connectivity index (χ4n) is 2.36. The van der Waals surface area contributed by atoms with Crippen molar-refractivity contribution in [2.75, 3.05) is 27.8 Å². The zero-order valence-corrected chi connectivity index (χ0v) is 19.0. The third kappa shape index (κ3) is 8.91. The summed E-state index contributed by atoms with van der Waals surface area (Å²) in [4.78, 5) is 4.16. The minimum Gasteiger partial charge on any atom is -0.493 e. The van der Waals surface area contributed by atoms with Crippen molar-refractivity contribution in [3.8, 4) is 11.5 Å². The monoisotopic (exact) mass is 501 g/mol. The zero-order valence-electron chi connectivity index (χ0n) is 16.6. The first-order chi connectivity index (χ1) is 12.2. The van der Waals surface area contributed by atoms with Crippen molar-refractivity contribution in [1.82, 2.24) is 10.6 Å². The lowest BCUT2D eigenvalue weighted by Crippen LogP contribution is -2.45. The van der Waals surface area contributed by atoms with Gasteiger partial charge in [0, 0.05) is 27.2 Å². The fourth-order valence-corrected chi connectivity index (χ4v) is 2.36. The van der Waals surface area contributed by atoms with Crippen LogP contribution in [0.5, 0.6) is 11.5 Å². The van der Waals surface area contributed by atoms with E-state index in [1.54, 1.807) is 26.3 Å². The van der Waals surface area contributed by atoms with Crippen LogP contribution in [0, 0.1) is 5.41 Å². The molecule has 0 aliphatic rings. The summed E-state index contributed by atoms with van der Waals surface area (Å²) in [5.41, 5.74) is 0.737. The number of nitrogens with one attached hydrogen (secondary N) is 2. The number of nitrogens with zero attached hydrogens (tertiary/aromatic N) is 1. The van der Waals surface area contributed by atoms with Crippen LogP contribution in [0.15, 0.2) is 23.2 Å². The van der Waals surface area contributed by atoms with Crippen LogP contribution in [-0.4, -0.2) is 46.5 Å². The molecule has 0 bridgehead atoms. The van der Waals surface area contributed by atoms with Gasteiger partial charge in [-0.1, -0.05) is 26.8 Å². The third-order valence-electron chi connectivity index (χ3n) is 3.83. The lowest BCUT2D eigenvalue weighted by atomic mass is 9.89. The van der Waals surface area contributed by atoms with E-state index in [4.69, 9.17) is 9.47 Å². The number of aliphatic imine (C=N–C) groups is 1. The first-order valence-electron chi connectivity index (χ1n) is 8.30. The van der Waals surface area contributed by atoms with Gasteiger partial charge in [-0.3, -0.25) is 4.99 Å². The van der Waals surface area contributed by atoms with Gasteiger partial charge in [0.05, 0.1) is 13.2 Å². The molecule has 0 aliphatic carbocycles. The number of methoxy groups -OCH3 is 2. The van der Waals surface area contributed by atoms with Gasteiger partial charge in [0.2, 0.25) is 0 Å². The Kier molecular flexibility index (Phi) is 11.6. The lowest BCUT2D eigenvalue weighted by Gasteiger charge is -2.30. The molecule has 1 aromatic carbocycles. The van der Waals surface area contributed by atoms with Gasteiger partial charge in [-0.2, -0.15) is 8.78 Å². The Morgan fingerprint density at radius 1 is 1.15 bits per heavy atom. The molecule has 0 spiro atoms. The van der Waals surface area contributed by atoms with Crippen molar-refractivity contribution >= 4 is 29.9 Å². The number of benzene rings is 1. The van der Waals surface area contributed by atoms with E-state index in [0.29, 0.717) is 19.0 Å². The number of hydrogen-bond acceptors (Lipinski definition) is 4. The van der Waals surface area contributed by atoms with Crippen LogP contribution in [-0.2, 0) is 11.3 Å². The van der Waals surface area contributed by atoms with Gasteiger partial charge in [-0.25, -0.2) is 0 Å². The van der Waals surface area contributed by atoms with E-state index in [9.17, 15) is 8.78 Å². The third-order valence-corrected chi connectivity index (χ3v) is 3.83. The summed E-state index contributed by atoms with van der Waals surface area (Å²) in [7, 11) is 4.74. The van der Waals surface area contributed by atoms with E-state index >= 15 is 0 Å². The van der Waals surface area contributed by atoms with Crippen LogP contribution in [0.25, 0.3) is 0 Å². The summed E-state index contributed by atoms with van der Waals surface area (Å²) in [5, 5.41) is 6.34. The molecule has 1 atom stereocenters. The summed E-state index contributed by atoms with van der Waals surface area (Å²) in [6.45, 7) is 4.35. The number of rotatable bonds is 8. The molecule has 6 nitrogen and oxygen atoms in total. The maximum absolute atomic E-state index is 12.5. The molecular weight excluding hydrogens is 471 g/mol. The fraction of sp³-hybridized carbons (Fsp3) is 0.611. The second-order valence-corrected chi connectivity index (χ2v) is 6.76. The molecule has 0 saturated carbocycles. The Morgan fingerprint density at radius 2 is 1.81 bits per heavy atom. The molecule has 2 N–H and O–H groups in total.